The molecule has 2 amide bonds. The maximum atomic E-state index is 13.1. The Morgan fingerprint density at radius 3 is 2.30 bits per heavy atom. The molecule has 0 atom stereocenters. The molecule has 0 bridgehead atoms. The monoisotopic (exact) mass is 604 g/mol. The fourth-order valence-corrected chi connectivity index (χ4v) is 5.95. The normalized spacial score (nSPS) is 14.5. The van der Waals surface area contributed by atoms with Crippen molar-refractivity contribution in [1.29, 1.82) is 0 Å². The second-order valence-electron chi connectivity index (χ2n) is 10.5. The number of benzene rings is 3. The highest BCUT2D eigenvalue weighted by molar-refractivity contribution is 7.07. The van der Waals surface area contributed by atoms with Crippen molar-refractivity contribution < 1.29 is 22.7 Å². The molecule has 5 aromatic rings. The average molecular weight is 605 g/mol. The number of aromatic nitrogens is 4. The van der Waals surface area contributed by atoms with Gasteiger partial charge in [-0.1, -0.05) is 42.5 Å². The van der Waals surface area contributed by atoms with Gasteiger partial charge in [-0.05, 0) is 74.6 Å². The van der Waals surface area contributed by atoms with Crippen molar-refractivity contribution in [2.24, 2.45) is 4.99 Å². The number of hydrogen-bond donors (Lipinski definition) is 1. The molecule has 0 radical (unpaired) electrons. The molecular weight excluding hydrogens is 577 g/mol. The van der Waals surface area contributed by atoms with Gasteiger partial charge in [0.25, 0.3) is 0 Å². The molecule has 1 aliphatic rings. The van der Waals surface area contributed by atoms with Gasteiger partial charge < -0.3 is 10.1 Å². The fraction of sp³-hybridized carbons (Fsp3) is 0.226. The number of halogens is 3. The summed E-state index contributed by atoms with van der Waals surface area (Å²) in [5, 5.41) is 9.58. The van der Waals surface area contributed by atoms with Gasteiger partial charge in [-0.2, -0.15) is 4.99 Å². The predicted molar refractivity (Wildman–Crippen MR) is 156 cm³/mol. The number of nitrogens with one attached hydrogen (secondary N) is 1. The van der Waals surface area contributed by atoms with Crippen LogP contribution in [0.1, 0.15) is 35.2 Å². The van der Waals surface area contributed by atoms with Gasteiger partial charge in [-0.25, -0.2) is 14.5 Å². The number of urea groups is 1. The Kier molecular flexibility index (Phi) is 7.17. The zero-order valence-corrected chi connectivity index (χ0v) is 24.3. The van der Waals surface area contributed by atoms with Crippen molar-refractivity contribution in [3.63, 3.8) is 0 Å². The molecule has 1 aliphatic carbocycles. The van der Waals surface area contributed by atoms with E-state index in [1.165, 1.54) is 46.6 Å². The summed E-state index contributed by atoms with van der Waals surface area (Å²) < 4.78 is 44.7. The largest absolute Gasteiger partial charge is 0.573 e. The molecule has 43 heavy (non-hydrogen) atoms. The summed E-state index contributed by atoms with van der Waals surface area (Å²) in [4.78, 5) is 22.6. The molecule has 1 saturated carbocycles. The molecule has 2 aromatic heterocycles. The van der Waals surface area contributed by atoms with Gasteiger partial charge in [-0.15, -0.1) is 29.6 Å². The van der Waals surface area contributed by atoms with Gasteiger partial charge in [0, 0.05) is 16.6 Å². The molecule has 0 saturated heterocycles. The van der Waals surface area contributed by atoms with Crippen LogP contribution < -0.4 is 14.9 Å². The van der Waals surface area contributed by atoms with E-state index in [9.17, 15) is 18.0 Å². The predicted octanol–water partition coefficient (Wildman–Crippen LogP) is 6.91. The minimum atomic E-state index is -4.75. The molecule has 1 fully saturated rings. The molecule has 0 unspecified atom stereocenters. The minimum absolute atomic E-state index is 0.313. The summed E-state index contributed by atoms with van der Waals surface area (Å²) in [7, 11) is 0. The number of para-hydroxylation sites is 1. The maximum absolute atomic E-state index is 13.1. The van der Waals surface area contributed by atoms with E-state index in [4.69, 9.17) is 0 Å². The van der Waals surface area contributed by atoms with Gasteiger partial charge in [0.05, 0.1) is 16.9 Å². The van der Waals surface area contributed by atoms with Crippen LogP contribution in [0.25, 0.3) is 22.8 Å². The second kappa shape index (κ2) is 10.8. The molecule has 220 valence electrons. The Morgan fingerprint density at radius 2 is 1.67 bits per heavy atom. The first-order valence-corrected chi connectivity index (χ1v) is 14.4. The lowest BCUT2D eigenvalue weighted by molar-refractivity contribution is -0.274. The van der Waals surface area contributed by atoms with Crippen LogP contribution in [0.2, 0.25) is 0 Å². The summed E-state index contributed by atoms with van der Waals surface area (Å²) >= 11 is 1.43. The Hall–Kier alpha value is -4.71. The third-order valence-electron chi connectivity index (χ3n) is 7.36. The molecular formula is C31H27F3N6O2S. The quantitative estimate of drug-likeness (QED) is 0.228. The van der Waals surface area contributed by atoms with E-state index in [-0.39, 0.29) is 5.75 Å². The van der Waals surface area contributed by atoms with E-state index < -0.39 is 17.9 Å². The highest BCUT2D eigenvalue weighted by Gasteiger charge is 2.45. The lowest BCUT2D eigenvalue weighted by Gasteiger charge is -2.17. The molecule has 2 heterocycles. The van der Waals surface area contributed by atoms with Gasteiger partial charge in [0.2, 0.25) is 0 Å². The number of carbonyl (C=O) groups excluding carboxylic acids is 1. The van der Waals surface area contributed by atoms with Crippen LogP contribution in [0.3, 0.4) is 0 Å². The van der Waals surface area contributed by atoms with Crippen LogP contribution in [-0.2, 0) is 5.54 Å². The van der Waals surface area contributed by atoms with Crippen molar-refractivity contribution in [2.75, 3.05) is 0 Å². The molecule has 1 N–H and O–H groups in total. The Labute approximate surface area is 249 Å². The third-order valence-corrected chi connectivity index (χ3v) is 8.30. The number of rotatable bonds is 6. The maximum Gasteiger partial charge on any atom is 0.573 e. The van der Waals surface area contributed by atoms with Gasteiger partial charge in [0.15, 0.2) is 10.6 Å². The van der Waals surface area contributed by atoms with Gasteiger partial charge in [0.1, 0.15) is 12.1 Å². The second-order valence-corrected chi connectivity index (χ2v) is 11.3. The molecule has 8 nitrogen and oxygen atoms in total. The molecule has 12 heteroatoms. The summed E-state index contributed by atoms with van der Waals surface area (Å²) in [5.74, 6) is 0.141. The van der Waals surface area contributed by atoms with Crippen LogP contribution in [0, 0.1) is 20.8 Å². The lowest BCUT2D eigenvalue weighted by Crippen LogP contribution is -2.34. The van der Waals surface area contributed by atoms with E-state index in [0.29, 0.717) is 16.3 Å². The first-order valence-electron chi connectivity index (χ1n) is 13.5. The first-order chi connectivity index (χ1) is 20.5. The smallest absolute Gasteiger partial charge is 0.406 e. The number of hydrogen-bond acceptors (Lipinski definition) is 5. The number of aryl methyl sites for hydroxylation is 3. The molecule has 3 aromatic carbocycles. The number of alkyl halides is 3. The van der Waals surface area contributed by atoms with Crippen LogP contribution >= 0.6 is 11.3 Å². The Balaban J connectivity index is 1.17. The summed E-state index contributed by atoms with van der Waals surface area (Å²) in [6, 6.07) is 18.8. The zero-order valence-electron chi connectivity index (χ0n) is 23.5. The number of nitrogens with zero attached hydrogens (tertiary/aromatic N) is 5. The van der Waals surface area contributed by atoms with Crippen molar-refractivity contribution in [3.05, 3.63) is 106 Å². The highest BCUT2D eigenvalue weighted by atomic mass is 32.1. The molecule has 6 rings (SSSR count). The van der Waals surface area contributed by atoms with Gasteiger partial charge >= 0.3 is 12.4 Å². The van der Waals surface area contributed by atoms with E-state index in [2.05, 4.69) is 25.1 Å². The fourth-order valence-electron chi connectivity index (χ4n) is 5.09. The topological polar surface area (TPSA) is 86.3 Å². The van der Waals surface area contributed by atoms with Crippen LogP contribution in [0.5, 0.6) is 5.75 Å². The van der Waals surface area contributed by atoms with Crippen molar-refractivity contribution >= 4 is 17.4 Å². The molecule has 0 aliphatic heterocycles. The van der Waals surface area contributed by atoms with E-state index in [1.54, 1.807) is 0 Å². The average Bonchev–Trinajstić information content (AvgIpc) is 3.40. The van der Waals surface area contributed by atoms with Crippen molar-refractivity contribution in [3.8, 4) is 28.5 Å². The van der Waals surface area contributed by atoms with Crippen LogP contribution in [0.15, 0.2) is 83.4 Å². The summed E-state index contributed by atoms with van der Waals surface area (Å²) in [5.41, 5.74) is 6.03. The number of carbonyl (C=O) groups is 1. The van der Waals surface area contributed by atoms with Crippen LogP contribution in [0.4, 0.5) is 18.0 Å². The Bertz CT molecular complexity index is 1850. The number of thiazole rings is 1. The van der Waals surface area contributed by atoms with Crippen molar-refractivity contribution in [2.45, 2.75) is 45.5 Å². The van der Waals surface area contributed by atoms with E-state index >= 15 is 0 Å². The Morgan fingerprint density at radius 1 is 1.00 bits per heavy atom. The van der Waals surface area contributed by atoms with E-state index in [1.807, 2.05) is 73.2 Å². The summed E-state index contributed by atoms with van der Waals surface area (Å²) in [6.07, 6.45) is -1.66. The van der Waals surface area contributed by atoms with Gasteiger partial charge in [-0.3, -0.25) is 4.57 Å². The third kappa shape index (κ3) is 5.96. The lowest BCUT2D eigenvalue weighted by atomic mass is 10.0. The summed E-state index contributed by atoms with van der Waals surface area (Å²) in [6.45, 7) is 6.10. The highest BCUT2D eigenvalue weighted by Crippen LogP contribution is 2.45. The molecule has 0 spiro atoms. The first kappa shape index (κ1) is 28.4. The van der Waals surface area contributed by atoms with E-state index in [0.717, 1.165) is 46.5 Å². The number of ether oxygens (including phenoxy) is 1. The number of amides is 2. The minimum Gasteiger partial charge on any atom is -0.406 e. The zero-order chi connectivity index (χ0) is 30.4. The SMILES string of the molecule is Cc1cccc(C)c1-n1c(C)csc1=NC(=O)NC1(c2ccc(-c3ncn(-c4ccc(OC(F)(F)F)cc4)n3)cc2)CC1. The standard InChI is InChI=1S/C31H27F3N6O2S/c1-19-5-4-6-20(2)26(19)40-21(3)17-43-29(40)36-28(41)37-30(15-16-30)23-9-7-22(8-10-23)27-35-18-39(38-27)24-11-13-25(14-12-24)42-31(32,33)34/h4-14,17-18H,15-16H2,1-3H3,(H,37,41). The van der Waals surface area contributed by atoms with Crippen molar-refractivity contribution in [1.82, 2.24) is 24.6 Å². The van der Waals surface area contributed by atoms with Crippen LogP contribution in [-0.4, -0.2) is 31.7 Å².